The molecule has 0 aromatic heterocycles. The summed E-state index contributed by atoms with van der Waals surface area (Å²) >= 11 is 0. The molecule has 0 amide bonds. The Hall–Kier alpha value is -1.25. The zero-order valence-electron chi connectivity index (χ0n) is 5.83. The highest BCUT2D eigenvalue weighted by molar-refractivity contribution is 5.82. The molecule has 1 N–H and O–H groups in total. The minimum atomic E-state index is -0.474. The Kier molecular flexibility index (Phi) is 4.04. The number of carbonyl (C=O) groups excluding carboxylic acids is 1. The molecule has 0 rings (SSSR count). The van der Waals surface area contributed by atoms with Crippen LogP contribution in [0, 0.1) is 0 Å². The maximum Gasteiger partial charge on any atom is 0.330 e. The molecule has 0 bridgehead atoms. The van der Waals surface area contributed by atoms with Crippen LogP contribution in [0.5, 0.6) is 0 Å². The number of hydrogen-bond acceptors (Lipinski definition) is 3. The van der Waals surface area contributed by atoms with Crippen molar-refractivity contribution in [3.05, 3.63) is 24.5 Å². The lowest BCUT2D eigenvalue weighted by Crippen LogP contribution is -1.98. The lowest BCUT2D eigenvalue weighted by atomic mass is 10.4. The van der Waals surface area contributed by atoms with Crippen molar-refractivity contribution in [3.63, 3.8) is 0 Å². The van der Waals surface area contributed by atoms with Crippen LogP contribution in [-0.2, 0) is 9.53 Å². The number of aliphatic hydroxyl groups is 1. The minimum absolute atomic E-state index is 0.159. The number of aliphatic hydroxyl groups excluding tert-OH is 1. The van der Waals surface area contributed by atoms with Crippen molar-refractivity contribution in [1.29, 1.82) is 0 Å². The molecule has 0 radical (unpaired) electrons. The summed E-state index contributed by atoms with van der Waals surface area (Å²) in [6.45, 7) is 5.19. The molecule has 3 heteroatoms. The van der Waals surface area contributed by atoms with Gasteiger partial charge < -0.3 is 9.84 Å². The van der Waals surface area contributed by atoms with Crippen molar-refractivity contribution in [2.75, 3.05) is 6.61 Å². The van der Waals surface area contributed by atoms with Gasteiger partial charge in [0.2, 0.25) is 0 Å². The van der Waals surface area contributed by atoms with E-state index in [0.29, 0.717) is 6.61 Å². The maximum atomic E-state index is 10.5. The Morgan fingerprint density at radius 2 is 2.30 bits per heavy atom. The average Bonchev–Trinajstić information content (AvgIpc) is 1.85. The Morgan fingerprint density at radius 3 is 2.70 bits per heavy atom. The third-order valence-corrected chi connectivity index (χ3v) is 0.698. The molecule has 0 aliphatic rings. The standard InChI is InChI=1S/C7H10O3/c1-3-10-7(9)5-4-6(2)8/h4-5,8H,2-3H2,1H3/b5-4+. The van der Waals surface area contributed by atoms with E-state index in [4.69, 9.17) is 5.11 Å². The van der Waals surface area contributed by atoms with E-state index in [2.05, 4.69) is 11.3 Å². The number of allylic oxidation sites excluding steroid dienone is 1. The van der Waals surface area contributed by atoms with Gasteiger partial charge in [0, 0.05) is 6.08 Å². The number of ether oxygens (including phenoxy) is 1. The van der Waals surface area contributed by atoms with Crippen molar-refractivity contribution in [1.82, 2.24) is 0 Å². The zero-order valence-corrected chi connectivity index (χ0v) is 5.83. The molecule has 0 saturated carbocycles. The monoisotopic (exact) mass is 142 g/mol. The van der Waals surface area contributed by atoms with Gasteiger partial charge in [-0.3, -0.25) is 0 Å². The molecule has 0 heterocycles. The van der Waals surface area contributed by atoms with E-state index in [1.165, 1.54) is 6.08 Å². The van der Waals surface area contributed by atoms with Gasteiger partial charge in [0.25, 0.3) is 0 Å². The SMILES string of the molecule is C=C(O)/C=C/C(=O)OCC. The molecule has 0 atom stereocenters. The normalized spacial score (nSPS) is 9.70. The van der Waals surface area contributed by atoms with Crippen molar-refractivity contribution in [2.45, 2.75) is 6.92 Å². The predicted octanol–water partition coefficient (Wildman–Crippen LogP) is 1.18. The predicted molar refractivity (Wildman–Crippen MR) is 37.5 cm³/mol. The third kappa shape index (κ3) is 4.90. The van der Waals surface area contributed by atoms with Gasteiger partial charge in [-0.05, 0) is 13.0 Å². The summed E-state index contributed by atoms with van der Waals surface area (Å²) in [7, 11) is 0. The number of rotatable bonds is 3. The van der Waals surface area contributed by atoms with E-state index in [1.807, 2.05) is 0 Å². The molecule has 0 saturated heterocycles. The second-order valence-electron chi connectivity index (χ2n) is 1.58. The molecular formula is C7H10O3. The van der Waals surface area contributed by atoms with Gasteiger partial charge in [-0.1, -0.05) is 6.58 Å². The summed E-state index contributed by atoms with van der Waals surface area (Å²) in [6, 6.07) is 0. The molecule has 0 aliphatic carbocycles. The molecule has 56 valence electrons. The van der Waals surface area contributed by atoms with Crippen molar-refractivity contribution >= 4 is 5.97 Å². The van der Waals surface area contributed by atoms with Crippen LogP contribution in [-0.4, -0.2) is 17.7 Å². The first-order chi connectivity index (χ1) is 4.66. The molecule has 3 nitrogen and oxygen atoms in total. The molecule has 10 heavy (non-hydrogen) atoms. The van der Waals surface area contributed by atoms with E-state index >= 15 is 0 Å². The largest absolute Gasteiger partial charge is 0.509 e. The fourth-order valence-corrected chi connectivity index (χ4v) is 0.355. The second kappa shape index (κ2) is 4.61. The quantitative estimate of drug-likeness (QED) is 0.278. The van der Waals surface area contributed by atoms with Gasteiger partial charge in [0.1, 0.15) is 5.76 Å². The fraction of sp³-hybridized carbons (Fsp3) is 0.286. The molecule has 0 fully saturated rings. The fourth-order valence-electron chi connectivity index (χ4n) is 0.355. The lowest BCUT2D eigenvalue weighted by Gasteiger charge is -1.93. The molecule has 0 aliphatic heterocycles. The maximum absolute atomic E-state index is 10.5. The third-order valence-electron chi connectivity index (χ3n) is 0.698. The minimum Gasteiger partial charge on any atom is -0.509 e. The van der Waals surface area contributed by atoms with Crippen LogP contribution < -0.4 is 0 Å². The van der Waals surface area contributed by atoms with E-state index in [-0.39, 0.29) is 5.76 Å². The van der Waals surface area contributed by atoms with Crippen LogP contribution in [0.1, 0.15) is 6.92 Å². The first kappa shape index (κ1) is 8.75. The topological polar surface area (TPSA) is 46.5 Å². The highest BCUT2D eigenvalue weighted by Gasteiger charge is 1.91. The summed E-state index contributed by atoms with van der Waals surface area (Å²) < 4.78 is 4.51. The summed E-state index contributed by atoms with van der Waals surface area (Å²) in [5.74, 6) is -0.634. The van der Waals surface area contributed by atoms with Gasteiger partial charge in [0.05, 0.1) is 6.61 Å². The van der Waals surface area contributed by atoms with Crippen molar-refractivity contribution in [3.8, 4) is 0 Å². The smallest absolute Gasteiger partial charge is 0.330 e. The first-order valence-electron chi connectivity index (χ1n) is 2.89. The number of esters is 1. The van der Waals surface area contributed by atoms with Gasteiger partial charge in [-0.15, -0.1) is 0 Å². The number of hydrogen-bond donors (Lipinski definition) is 1. The Bertz CT molecular complexity index is 158. The van der Waals surface area contributed by atoms with Crippen LogP contribution in [0.2, 0.25) is 0 Å². The Morgan fingerprint density at radius 1 is 1.70 bits per heavy atom. The van der Waals surface area contributed by atoms with Crippen LogP contribution in [0.15, 0.2) is 24.5 Å². The zero-order chi connectivity index (χ0) is 7.98. The lowest BCUT2D eigenvalue weighted by molar-refractivity contribution is -0.137. The van der Waals surface area contributed by atoms with Crippen LogP contribution in [0.3, 0.4) is 0 Å². The second-order valence-corrected chi connectivity index (χ2v) is 1.58. The highest BCUT2D eigenvalue weighted by atomic mass is 16.5. The van der Waals surface area contributed by atoms with Crippen LogP contribution in [0.4, 0.5) is 0 Å². The van der Waals surface area contributed by atoms with Gasteiger partial charge in [-0.2, -0.15) is 0 Å². The van der Waals surface area contributed by atoms with E-state index in [9.17, 15) is 4.79 Å². The van der Waals surface area contributed by atoms with Crippen molar-refractivity contribution < 1.29 is 14.6 Å². The summed E-state index contributed by atoms with van der Waals surface area (Å²) in [5, 5.41) is 8.48. The summed E-state index contributed by atoms with van der Waals surface area (Å²) in [6.07, 6.45) is 2.30. The van der Waals surface area contributed by atoms with Crippen LogP contribution in [0.25, 0.3) is 0 Å². The average molecular weight is 142 g/mol. The van der Waals surface area contributed by atoms with Gasteiger partial charge >= 0.3 is 5.97 Å². The molecular weight excluding hydrogens is 132 g/mol. The molecule has 0 unspecified atom stereocenters. The molecule has 0 aromatic carbocycles. The summed E-state index contributed by atoms with van der Waals surface area (Å²) in [4.78, 5) is 10.5. The molecule has 0 aromatic rings. The number of carbonyl (C=O) groups is 1. The van der Waals surface area contributed by atoms with Crippen LogP contribution >= 0.6 is 0 Å². The Balaban J connectivity index is 3.67. The van der Waals surface area contributed by atoms with E-state index < -0.39 is 5.97 Å². The van der Waals surface area contributed by atoms with E-state index in [1.54, 1.807) is 6.92 Å². The Labute approximate surface area is 59.6 Å². The van der Waals surface area contributed by atoms with E-state index in [0.717, 1.165) is 6.08 Å². The van der Waals surface area contributed by atoms with Crippen molar-refractivity contribution in [2.24, 2.45) is 0 Å². The molecule has 0 spiro atoms. The summed E-state index contributed by atoms with van der Waals surface area (Å²) in [5.41, 5.74) is 0. The van der Waals surface area contributed by atoms with Gasteiger partial charge in [0.15, 0.2) is 0 Å². The highest BCUT2D eigenvalue weighted by Crippen LogP contribution is 1.86. The van der Waals surface area contributed by atoms with Gasteiger partial charge in [-0.25, -0.2) is 4.79 Å². The first-order valence-corrected chi connectivity index (χ1v) is 2.89.